The molecule has 1 amide bonds. The maximum Gasteiger partial charge on any atom is 0.220 e. The SMILES string of the molecule is CCC(CCN)CCC(=O)NCCOC1CCCCC1. The highest BCUT2D eigenvalue weighted by atomic mass is 16.5. The molecule has 4 nitrogen and oxygen atoms in total. The fourth-order valence-electron chi connectivity index (χ4n) is 2.86. The van der Waals surface area contributed by atoms with Crippen LogP contribution in [0.1, 0.15) is 64.7 Å². The third-order valence-electron chi connectivity index (χ3n) is 4.26. The quantitative estimate of drug-likeness (QED) is 0.606. The molecule has 1 atom stereocenters. The zero-order valence-electron chi connectivity index (χ0n) is 13.0. The van der Waals surface area contributed by atoms with Crippen molar-refractivity contribution in [3.63, 3.8) is 0 Å². The molecule has 0 aliphatic heterocycles. The monoisotopic (exact) mass is 284 g/mol. The molecule has 0 radical (unpaired) electrons. The lowest BCUT2D eigenvalue weighted by Crippen LogP contribution is -2.29. The van der Waals surface area contributed by atoms with Crippen LogP contribution < -0.4 is 11.1 Å². The zero-order valence-corrected chi connectivity index (χ0v) is 13.0. The number of nitrogens with one attached hydrogen (secondary N) is 1. The van der Waals surface area contributed by atoms with Crippen LogP contribution in [-0.2, 0) is 9.53 Å². The van der Waals surface area contributed by atoms with E-state index < -0.39 is 0 Å². The second kappa shape index (κ2) is 11.1. The molecule has 1 fully saturated rings. The van der Waals surface area contributed by atoms with Gasteiger partial charge >= 0.3 is 0 Å². The van der Waals surface area contributed by atoms with Crippen LogP contribution in [0.3, 0.4) is 0 Å². The topological polar surface area (TPSA) is 64.4 Å². The minimum atomic E-state index is 0.146. The summed E-state index contributed by atoms with van der Waals surface area (Å²) in [6.45, 7) is 4.17. The molecule has 1 aliphatic carbocycles. The fourth-order valence-corrected chi connectivity index (χ4v) is 2.86. The summed E-state index contributed by atoms with van der Waals surface area (Å²) in [5.74, 6) is 0.733. The van der Waals surface area contributed by atoms with Gasteiger partial charge in [-0.05, 0) is 38.1 Å². The van der Waals surface area contributed by atoms with Crippen molar-refractivity contribution in [3.8, 4) is 0 Å². The first kappa shape index (κ1) is 17.4. The van der Waals surface area contributed by atoms with Crippen LogP contribution in [-0.4, -0.2) is 31.7 Å². The lowest BCUT2D eigenvalue weighted by atomic mass is 9.96. The van der Waals surface area contributed by atoms with Gasteiger partial charge in [0.2, 0.25) is 5.91 Å². The van der Waals surface area contributed by atoms with Crippen LogP contribution in [0.4, 0.5) is 0 Å². The summed E-state index contributed by atoms with van der Waals surface area (Å²) in [5, 5.41) is 2.95. The Morgan fingerprint density at radius 2 is 2.05 bits per heavy atom. The van der Waals surface area contributed by atoms with Crippen LogP contribution in [0.2, 0.25) is 0 Å². The molecule has 4 heteroatoms. The summed E-state index contributed by atoms with van der Waals surface area (Å²) >= 11 is 0. The van der Waals surface area contributed by atoms with E-state index in [4.69, 9.17) is 10.5 Å². The van der Waals surface area contributed by atoms with Crippen molar-refractivity contribution in [1.82, 2.24) is 5.32 Å². The van der Waals surface area contributed by atoms with Crippen LogP contribution in [0.15, 0.2) is 0 Å². The van der Waals surface area contributed by atoms with Crippen molar-refractivity contribution in [2.24, 2.45) is 11.7 Å². The highest BCUT2D eigenvalue weighted by Crippen LogP contribution is 2.19. The Morgan fingerprint density at radius 3 is 2.70 bits per heavy atom. The minimum absolute atomic E-state index is 0.146. The van der Waals surface area contributed by atoms with Gasteiger partial charge in [0.1, 0.15) is 0 Å². The summed E-state index contributed by atoms with van der Waals surface area (Å²) in [5.41, 5.74) is 5.56. The molecule has 3 N–H and O–H groups in total. The van der Waals surface area contributed by atoms with E-state index in [2.05, 4.69) is 12.2 Å². The Labute approximate surface area is 123 Å². The van der Waals surface area contributed by atoms with E-state index in [0.717, 1.165) is 25.8 Å². The molecule has 1 rings (SSSR count). The van der Waals surface area contributed by atoms with Crippen molar-refractivity contribution in [2.75, 3.05) is 19.7 Å². The smallest absolute Gasteiger partial charge is 0.220 e. The second-order valence-electron chi connectivity index (χ2n) is 5.87. The highest BCUT2D eigenvalue weighted by molar-refractivity contribution is 5.75. The molecule has 0 aromatic heterocycles. The Balaban J connectivity index is 1.99. The van der Waals surface area contributed by atoms with Gasteiger partial charge in [0, 0.05) is 13.0 Å². The third-order valence-corrected chi connectivity index (χ3v) is 4.26. The summed E-state index contributed by atoms with van der Waals surface area (Å²) in [7, 11) is 0. The highest BCUT2D eigenvalue weighted by Gasteiger charge is 2.13. The molecule has 1 unspecified atom stereocenters. The standard InChI is InChI=1S/C16H32N2O2/c1-2-14(10-11-17)8-9-16(19)18-12-13-20-15-6-4-3-5-7-15/h14-15H,2-13,17H2,1H3,(H,18,19). The molecule has 0 saturated heterocycles. The van der Waals surface area contributed by atoms with E-state index in [9.17, 15) is 4.79 Å². The third kappa shape index (κ3) is 7.85. The average Bonchev–Trinajstić information content (AvgIpc) is 2.49. The lowest BCUT2D eigenvalue weighted by molar-refractivity contribution is -0.121. The number of amides is 1. The second-order valence-corrected chi connectivity index (χ2v) is 5.87. The first-order chi connectivity index (χ1) is 9.76. The van der Waals surface area contributed by atoms with Crippen LogP contribution in [0.5, 0.6) is 0 Å². The molecular formula is C16H32N2O2. The van der Waals surface area contributed by atoms with Gasteiger partial charge in [0.05, 0.1) is 12.7 Å². The van der Waals surface area contributed by atoms with E-state index in [0.29, 0.717) is 31.6 Å². The van der Waals surface area contributed by atoms with Gasteiger partial charge in [-0.25, -0.2) is 0 Å². The molecule has 0 aromatic carbocycles. The predicted octanol–water partition coefficient (Wildman–Crippen LogP) is 2.61. The Kier molecular flexibility index (Phi) is 9.67. The maximum absolute atomic E-state index is 11.7. The van der Waals surface area contributed by atoms with Crippen molar-refractivity contribution >= 4 is 5.91 Å². The van der Waals surface area contributed by atoms with Gasteiger partial charge in [-0.15, -0.1) is 0 Å². The molecule has 0 spiro atoms. The summed E-state index contributed by atoms with van der Waals surface area (Å²) in [4.78, 5) is 11.7. The van der Waals surface area contributed by atoms with Gasteiger partial charge in [-0.1, -0.05) is 32.6 Å². The van der Waals surface area contributed by atoms with E-state index in [-0.39, 0.29) is 5.91 Å². The van der Waals surface area contributed by atoms with Gasteiger partial charge in [0.25, 0.3) is 0 Å². The van der Waals surface area contributed by atoms with Crippen LogP contribution >= 0.6 is 0 Å². The Bertz CT molecular complexity index is 253. The van der Waals surface area contributed by atoms with Crippen molar-refractivity contribution in [2.45, 2.75) is 70.8 Å². The zero-order chi connectivity index (χ0) is 14.6. The number of carbonyl (C=O) groups is 1. The van der Waals surface area contributed by atoms with Gasteiger partial charge in [-0.3, -0.25) is 4.79 Å². The largest absolute Gasteiger partial charge is 0.376 e. The fraction of sp³-hybridized carbons (Fsp3) is 0.938. The van der Waals surface area contributed by atoms with Crippen molar-refractivity contribution in [3.05, 3.63) is 0 Å². The molecule has 0 aromatic rings. The van der Waals surface area contributed by atoms with Gasteiger partial charge < -0.3 is 15.8 Å². The number of hydrogen-bond acceptors (Lipinski definition) is 3. The minimum Gasteiger partial charge on any atom is -0.376 e. The number of nitrogens with two attached hydrogens (primary N) is 1. The van der Waals surface area contributed by atoms with E-state index >= 15 is 0 Å². The van der Waals surface area contributed by atoms with Crippen molar-refractivity contribution in [1.29, 1.82) is 0 Å². The Morgan fingerprint density at radius 1 is 1.30 bits per heavy atom. The molecule has 0 heterocycles. The first-order valence-corrected chi connectivity index (χ1v) is 8.34. The average molecular weight is 284 g/mol. The number of hydrogen-bond donors (Lipinski definition) is 2. The van der Waals surface area contributed by atoms with Gasteiger partial charge in [-0.2, -0.15) is 0 Å². The number of carbonyl (C=O) groups excluding carboxylic acids is 1. The summed E-state index contributed by atoms with van der Waals surface area (Å²) in [6, 6.07) is 0. The van der Waals surface area contributed by atoms with E-state index in [1.54, 1.807) is 0 Å². The van der Waals surface area contributed by atoms with Crippen molar-refractivity contribution < 1.29 is 9.53 Å². The molecule has 20 heavy (non-hydrogen) atoms. The van der Waals surface area contributed by atoms with Crippen LogP contribution in [0, 0.1) is 5.92 Å². The normalized spacial score (nSPS) is 17.9. The molecule has 118 valence electrons. The Hall–Kier alpha value is -0.610. The molecule has 0 bridgehead atoms. The van der Waals surface area contributed by atoms with E-state index in [1.165, 1.54) is 32.1 Å². The van der Waals surface area contributed by atoms with Gasteiger partial charge in [0.15, 0.2) is 0 Å². The molecule has 1 saturated carbocycles. The first-order valence-electron chi connectivity index (χ1n) is 8.34. The van der Waals surface area contributed by atoms with E-state index in [1.807, 2.05) is 0 Å². The van der Waals surface area contributed by atoms with Crippen LogP contribution in [0.25, 0.3) is 0 Å². The predicted molar refractivity (Wildman–Crippen MR) is 82.5 cm³/mol. The lowest BCUT2D eigenvalue weighted by Gasteiger charge is -2.22. The summed E-state index contributed by atoms with van der Waals surface area (Å²) < 4.78 is 5.79. The summed E-state index contributed by atoms with van der Waals surface area (Å²) in [6.07, 6.45) is 10.4. The maximum atomic E-state index is 11.7. The number of rotatable bonds is 10. The molecular weight excluding hydrogens is 252 g/mol. The number of ether oxygens (including phenoxy) is 1. The molecule has 1 aliphatic rings.